The van der Waals surface area contributed by atoms with Crippen LogP contribution in [-0.4, -0.2) is 27.1 Å². The Kier molecular flexibility index (Phi) is 3.18. The van der Waals surface area contributed by atoms with E-state index in [-0.39, 0.29) is 11.9 Å². The van der Waals surface area contributed by atoms with Crippen LogP contribution in [0.25, 0.3) is 0 Å². The molecule has 0 radical (unpaired) electrons. The van der Waals surface area contributed by atoms with E-state index in [0.717, 1.165) is 24.2 Å². The lowest BCUT2D eigenvalue weighted by Crippen LogP contribution is -2.40. The zero-order valence-corrected chi connectivity index (χ0v) is 11.5. The quantitative estimate of drug-likeness (QED) is 0.843. The second-order valence-corrected chi connectivity index (χ2v) is 5.16. The molecule has 3 rings (SSSR count). The molecule has 0 fully saturated rings. The molecule has 0 aliphatic carbocycles. The van der Waals surface area contributed by atoms with Crippen molar-refractivity contribution in [2.45, 2.75) is 25.9 Å². The van der Waals surface area contributed by atoms with Crippen molar-refractivity contribution >= 4 is 11.6 Å². The fourth-order valence-corrected chi connectivity index (χ4v) is 2.68. The number of nitrogen functional groups attached to an aromatic ring is 1. The molecule has 1 aliphatic rings. The van der Waals surface area contributed by atoms with E-state index >= 15 is 0 Å². The van der Waals surface area contributed by atoms with Gasteiger partial charge in [-0.3, -0.25) is 9.48 Å². The van der Waals surface area contributed by atoms with Gasteiger partial charge in [-0.1, -0.05) is 12.1 Å². The number of anilines is 1. The van der Waals surface area contributed by atoms with Gasteiger partial charge in [-0.05, 0) is 36.6 Å². The third kappa shape index (κ3) is 2.15. The molecule has 20 heavy (non-hydrogen) atoms. The van der Waals surface area contributed by atoms with Gasteiger partial charge in [-0.25, -0.2) is 0 Å². The third-order valence-electron chi connectivity index (χ3n) is 3.90. The van der Waals surface area contributed by atoms with Crippen LogP contribution >= 0.6 is 0 Å². The summed E-state index contributed by atoms with van der Waals surface area (Å²) in [6.45, 7) is 3.20. The number of nitrogens with zero attached hydrogens (tertiary/aromatic N) is 3. The van der Waals surface area contributed by atoms with Gasteiger partial charge in [0.15, 0.2) is 0 Å². The molecule has 104 valence electrons. The summed E-state index contributed by atoms with van der Waals surface area (Å²) in [7, 11) is 0. The van der Waals surface area contributed by atoms with Crippen molar-refractivity contribution in [3.63, 3.8) is 0 Å². The van der Waals surface area contributed by atoms with Gasteiger partial charge in [-0.2, -0.15) is 5.10 Å². The molecular formula is C15H18N4O. The summed E-state index contributed by atoms with van der Waals surface area (Å²) in [5.74, 6) is 0.0857. The van der Waals surface area contributed by atoms with Crippen LogP contribution in [0.3, 0.4) is 0 Å². The fourth-order valence-electron chi connectivity index (χ4n) is 2.68. The van der Waals surface area contributed by atoms with Crippen LogP contribution in [0, 0.1) is 0 Å². The number of carbonyl (C=O) groups is 1. The zero-order valence-electron chi connectivity index (χ0n) is 11.5. The minimum Gasteiger partial charge on any atom is -0.398 e. The number of rotatable bonds is 2. The Hall–Kier alpha value is -2.30. The summed E-state index contributed by atoms with van der Waals surface area (Å²) in [6, 6.07) is 7.50. The molecule has 1 unspecified atom stereocenters. The molecule has 5 heteroatoms. The maximum absolute atomic E-state index is 12.5. The average Bonchev–Trinajstić information content (AvgIpc) is 3.00. The highest BCUT2D eigenvalue weighted by molar-refractivity contribution is 5.80. The molecule has 1 amide bonds. The maximum Gasteiger partial charge on any atom is 0.247 e. The van der Waals surface area contributed by atoms with Gasteiger partial charge in [-0.15, -0.1) is 0 Å². The Bertz CT molecular complexity index is 621. The van der Waals surface area contributed by atoms with Crippen molar-refractivity contribution in [3.8, 4) is 0 Å². The lowest BCUT2D eigenvalue weighted by atomic mass is 9.98. The molecule has 0 saturated carbocycles. The number of aromatic nitrogens is 2. The highest BCUT2D eigenvalue weighted by Gasteiger charge is 2.26. The first-order valence-electron chi connectivity index (χ1n) is 6.81. The van der Waals surface area contributed by atoms with Gasteiger partial charge >= 0.3 is 0 Å². The number of carbonyl (C=O) groups excluding carboxylic acids is 1. The number of nitrogens with two attached hydrogens (primary N) is 1. The van der Waals surface area contributed by atoms with E-state index in [2.05, 4.69) is 11.2 Å². The van der Waals surface area contributed by atoms with Crippen LogP contribution in [0.5, 0.6) is 0 Å². The molecule has 1 aliphatic heterocycles. The second-order valence-electron chi connectivity index (χ2n) is 5.16. The van der Waals surface area contributed by atoms with Crippen molar-refractivity contribution in [2.24, 2.45) is 0 Å². The van der Waals surface area contributed by atoms with Crippen LogP contribution in [0.15, 0.2) is 36.7 Å². The molecule has 2 heterocycles. The smallest absolute Gasteiger partial charge is 0.247 e. The molecule has 2 N–H and O–H groups in total. The van der Waals surface area contributed by atoms with Gasteiger partial charge in [0.25, 0.3) is 0 Å². The third-order valence-corrected chi connectivity index (χ3v) is 3.90. The number of benzene rings is 1. The lowest BCUT2D eigenvalue weighted by molar-refractivity contribution is -0.135. The molecule has 0 spiro atoms. The first kappa shape index (κ1) is 12.7. The van der Waals surface area contributed by atoms with Gasteiger partial charge in [0, 0.05) is 31.2 Å². The molecule has 1 aromatic carbocycles. The summed E-state index contributed by atoms with van der Waals surface area (Å²) in [6.07, 6.45) is 4.36. The summed E-state index contributed by atoms with van der Waals surface area (Å²) >= 11 is 0. The van der Waals surface area contributed by atoms with Gasteiger partial charge < -0.3 is 10.6 Å². The summed E-state index contributed by atoms with van der Waals surface area (Å²) in [5, 5.41) is 4.14. The Morgan fingerprint density at radius 3 is 3.00 bits per heavy atom. The zero-order chi connectivity index (χ0) is 14.1. The van der Waals surface area contributed by atoms with E-state index in [9.17, 15) is 4.79 Å². The highest BCUT2D eigenvalue weighted by Crippen LogP contribution is 2.25. The van der Waals surface area contributed by atoms with E-state index in [1.54, 1.807) is 10.9 Å². The molecule has 2 aromatic rings. The van der Waals surface area contributed by atoms with Crippen molar-refractivity contribution < 1.29 is 4.79 Å². The summed E-state index contributed by atoms with van der Waals surface area (Å²) in [5.41, 5.74) is 9.12. The minimum atomic E-state index is -0.281. The van der Waals surface area contributed by atoms with Crippen LogP contribution in [0.1, 0.15) is 24.1 Å². The average molecular weight is 270 g/mol. The monoisotopic (exact) mass is 270 g/mol. The fraction of sp³-hybridized carbons (Fsp3) is 0.333. The Morgan fingerprint density at radius 2 is 2.25 bits per heavy atom. The number of hydrogen-bond acceptors (Lipinski definition) is 3. The maximum atomic E-state index is 12.5. The molecule has 0 saturated heterocycles. The van der Waals surface area contributed by atoms with E-state index in [4.69, 9.17) is 5.73 Å². The Labute approximate surface area is 118 Å². The lowest BCUT2D eigenvalue weighted by Gasteiger charge is -2.31. The van der Waals surface area contributed by atoms with Crippen molar-refractivity contribution in [1.29, 1.82) is 0 Å². The van der Waals surface area contributed by atoms with E-state index in [1.165, 1.54) is 5.56 Å². The summed E-state index contributed by atoms with van der Waals surface area (Å²) < 4.78 is 1.69. The minimum absolute atomic E-state index is 0.0857. The van der Waals surface area contributed by atoms with E-state index in [1.807, 2.05) is 36.2 Å². The van der Waals surface area contributed by atoms with Crippen LogP contribution in [0.4, 0.5) is 5.69 Å². The first-order chi connectivity index (χ1) is 9.66. The largest absolute Gasteiger partial charge is 0.398 e. The summed E-state index contributed by atoms with van der Waals surface area (Å²) in [4.78, 5) is 14.4. The van der Waals surface area contributed by atoms with Crippen molar-refractivity contribution in [2.75, 3.05) is 12.3 Å². The molecular weight excluding hydrogens is 252 g/mol. The van der Waals surface area contributed by atoms with E-state index < -0.39 is 0 Å². The standard InChI is InChI=1S/C15H18N4O/c1-11(19-8-3-7-17-19)15(20)18-9-6-12-4-2-5-14(16)13(12)10-18/h2-5,7-8,11H,6,9-10,16H2,1H3. The topological polar surface area (TPSA) is 64.2 Å². The predicted octanol–water partition coefficient (Wildman–Crippen LogP) is 1.61. The van der Waals surface area contributed by atoms with Gasteiger partial charge in [0.1, 0.15) is 6.04 Å². The van der Waals surface area contributed by atoms with Crippen molar-refractivity contribution in [3.05, 3.63) is 47.8 Å². The Morgan fingerprint density at radius 1 is 1.40 bits per heavy atom. The Balaban J connectivity index is 1.80. The predicted molar refractivity (Wildman–Crippen MR) is 76.9 cm³/mol. The van der Waals surface area contributed by atoms with Gasteiger partial charge in [0.2, 0.25) is 5.91 Å². The number of hydrogen-bond donors (Lipinski definition) is 1. The molecule has 0 bridgehead atoms. The highest BCUT2D eigenvalue weighted by atomic mass is 16.2. The first-order valence-corrected chi connectivity index (χ1v) is 6.81. The SMILES string of the molecule is CC(C(=O)N1CCc2cccc(N)c2C1)n1cccn1. The van der Waals surface area contributed by atoms with Gasteiger partial charge in [0.05, 0.1) is 0 Å². The normalized spacial score (nSPS) is 15.8. The molecule has 5 nitrogen and oxygen atoms in total. The van der Waals surface area contributed by atoms with Crippen LogP contribution < -0.4 is 5.73 Å². The van der Waals surface area contributed by atoms with Crippen LogP contribution in [0.2, 0.25) is 0 Å². The number of amides is 1. The van der Waals surface area contributed by atoms with E-state index in [0.29, 0.717) is 6.54 Å². The number of fused-ring (bicyclic) bond motifs is 1. The van der Waals surface area contributed by atoms with Crippen LogP contribution in [-0.2, 0) is 17.8 Å². The molecule has 1 atom stereocenters. The second kappa shape index (κ2) is 5.00. The molecule has 1 aromatic heterocycles. The van der Waals surface area contributed by atoms with Crippen molar-refractivity contribution in [1.82, 2.24) is 14.7 Å².